The zero-order valence-corrected chi connectivity index (χ0v) is 15.4. The number of halogens is 1. The number of benzene rings is 2. The van der Waals surface area contributed by atoms with Crippen molar-refractivity contribution < 1.29 is 19.5 Å². The number of amides is 2. The Kier molecular flexibility index (Phi) is 7.14. The molecule has 0 unspecified atom stereocenters. The molecule has 0 saturated heterocycles. The van der Waals surface area contributed by atoms with Gasteiger partial charge in [-0.15, -0.1) is 0 Å². The number of nitrogens with one attached hydrogen (secondary N) is 2. The number of aliphatic carboxylic acids is 1. The van der Waals surface area contributed by atoms with Gasteiger partial charge in [0.2, 0.25) is 0 Å². The summed E-state index contributed by atoms with van der Waals surface area (Å²) in [7, 11) is 0. The monoisotopic (exact) mass is 386 g/mol. The summed E-state index contributed by atoms with van der Waals surface area (Å²) in [6.07, 6.45) is 1.28. The molecular formula is C20H19ClN2O4. The van der Waals surface area contributed by atoms with Crippen molar-refractivity contribution in [1.82, 2.24) is 10.6 Å². The van der Waals surface area contributed by atoms with Gasteiger partial charge in [0.05, 0.1) is 6.42 Å². The Morgan fingerprint density at radius 1 is 1.04 bits per heavy atom. The molecule has 0 heterocycles. The van der Waals surface area contributed by atoms with Crippen LogP contribution in [0.5, 0.6) is 0 Å². The molecule has 0 spiro atoms. The van der Waals surface area contributed by atoms with Crippen molar-refractivity contribution >= 4 is 35.5 Å². The maximum Gasteiger partial charge on any atom is 0.305 e. The first-order valence-electron chi connectivity index (χ1n) is 8.20. The predicted molar refractivity (Wildman–Crippen MR) is 103 cm³/mol. The second-order valence-corrected chi connectivity index (χ2v) is 6.27. The van der Waals surface area contributed by atoms with E-state index in [1.807, 2.05) is 6.92 Å². The van der Waals surface area contributed by atoms with E-state index in [-0.39, 0.29) is 18.7 Å². The number of carbonyl (C=O) groups is 3. The lowest BCUT2D eigenvalue weighted by molar-refractivity contribution is -0.136. The van der Waals surface area contributed by atoms with Crippen molar-refractivity contribution in [3.8, 4) is 0 Å². The summed E-state index contributed by atoms with van der Waals surface area (Å²) in [5, 5.41) is 14.3. The summed E-state index contributed by atoms with van der Waals surface area (Å²) < 4.78 is 0. The molecule has 0 saturated carbocycles. The smallest absolute Gasteiger partial charge is 0.305 e. The molecule has 6 nitrogen and oxygen atoms in total. The van der Waals surface area contributed by atoms with Gasteiger partial charge in [-0.2, -0.15) is 0 Å². The molecule has 3 N–H and O–H groups in total. The molecule has 0 atom stereocenters. The molecule has 2 aromatic carbocycles. The fourth-order valence-electron chi connectivity index (χ4n) is 2.16. The SMILES string of the molecule is Cc1ccc(C(=O)N/C(=C/c2ccc(Cl)cc2)C(=O)NCCC(=O)O)cc1. The molecule has 7 heteroatoms. The van der Waals surface area contributed by atoms with Crippen molar-refractivity contribution in [2.75, 3.05) is 6.54 Å². The maximum absolute atomic E-state index is 12.5. The van der Waals surface area contributed by atoms with Crippen LogP contribution >= 0.6 is 11.6 Å². The van der Waals surface area contributed by atoms with Crippen molar-refractivity contribution in [2.45, 2.75) is 13.3 Å². The fraction of sp³-hybridized carbons (Fsp3) is 0.150. The third-order valence-corrected chi connectivity index (χ3v) is 3.86. The van der Waals surface area contributed by atoms with Gasteiger partial charge in [0.15, 0.2) is 0 Å². The van der Waals surface area contributed by atoms with E-state index < -0.39 is 17.8 Å². The van der Waals surface area contributed by atoms with Crippen LogP contribution in [0.2, 0.25) is 5.02 Å². The standard InChI is InChI=1S/C20H19ClN2O4/c1-13-2-6-15(7-3-13)19(26)23-17(20(27)22-11-10-18(24)25)12-14-4-8-16(21)9-5-14/h2-9,12H,10-11H2,1H3,(H,22,27)(H,23,26)(H,24,25)/b17-12+. The van der Waals surface area contributed by atoms with Crippen LogP contribution in [0, 0.1) is 6.92 Å². The van der Waals surface area contributed by atoms with Gasteiger partial charge in [-0.05, 0) is 42.8 Å². The normalized spacial score (nSPS) is 11.0. The molecular weight excluding hydrogens is 368 g/mol. The van der Waals surface area contributed by atoms with Gasteiger partial charge in [-0.1, -0.05) is 41.4 Å². The number of hydrogen-bond acceptors (Lipinski definition) is 3. The summed E-state index contributed by atoms with van der Waals surface area (Å²) in [6, 6.07) is 13.6. The molecule has 2 aromatic rings. The minimum absolute atomic E-state index is 0.00767. The van der Waals surface area contributed by atoms with Gasteiger partial charge in [-0.25, -0.2) is 0 Å². The first kappa shape index (κ1) is 20.2. The summed E-state index contributed by atoms with van der Waals surface area (Å²) in [5.41, 5.74) is 2.08. The summed E-state index contributed by atoms with van der Waals surface area (Å²) in [6.45, 7) is 1.86. The number of aryl methyl sites for hydroxylation is 1. The molecule has 27 heavy (non-hydrogen) atoms. The van der Waals surface area contributed by atoms with Crippen LogP contribution in [0.15, 0.2) is 54.2 Å². The topological polar surface area (TPSA) is 95.5 Å². The van der Waals surface area contributed by atoms with Gasteiger partial charge in [0.1, 0.15) is 5.70 Å². The van der Waals surface area contributed by atoms with Crippen LogP contribution in [0.3, 0.4) is 0 Å². The lowest BCUT2D eigenvalue weighted by atomic mass is 10.1. The second-order valence-electron chi connectivity index (χ2n) is 5.83. The zero-order chi connectivity index (χ0) is 19.8. The number of hydrogen-bond donors (Lipinski definition) is 3. The summed E-state index contributed by atoms with van der Waals surface area (Å²) in [5.74, 6) is -2.04. The van der Waals surface area contributed by atoms with Gasteiger partial charge < -0.3 is 15.7 Å². The van der Waals surface area contributed by atoms with Gasteiger partial charge in [0, 0.05) is 17.1 Å². The molecule has 2 amide bonds. The molecule has 140 valence electrons. The lowest BCUT2D eigenvalue weighted by Gasteiger charge is -2.11. The van der Waals surface area contributed by atoms with E-state index >= 15 is 0 Å². The molecule has 0 aliphatic carbocycles. The number of carbonyl (C=O) groups excluding carboxylic acids is 2. The molecule has 0 aliphatic rings. The van der Waals surface area contributed by atoms with Gasteiger partial charge in [-0.3, -0.25) is 14.4 Å². The van der Waals surface area contributed by atoms with Crippen molar-refractivity contribution in [3.05, 3.63) is 75.9 Å². The third-order valence-electron chi connectivity index (χ3n) is 3.61. The highest BCUT2D eigenvalue weighted by atomic mass is 35.5. The van der Waals surface area contributed by atoms with E-state index in [1.54, 1.807) is 48.5 Å². The van der Waals surface area contributed by atoms with Crippen molar-refractivity contribution in [1.29, 1.82) is 0 Å². The van der Waals surface area contributed by atoms with Crippen LogP contribution in [0.4, 0.5) is 0 Å². The van der Waals surface area contributed by atoms with E-state index in [9.17, 15) is 14.4 Å². The Hall–Kier alpha value is -3.12. The minimum atomic E-state index is -1.03. The number of carboxylic acids is 1. The number of rotatable bonds is 7. The average molecular weight is 387 g/mol. The Morgan fingerprint density at radius 3 is 2.26 bits per heavy atom. The van der Waals surface area contributed by atoms with Crippen LogP contribution in [-0.4, -0.2) is 29.4 Å². The highest BCUT2D eigenvalue weighted by Crippen LogP contribution is 2.13. The fourth-order valence-corrected chi connectivity index (χ4v) is 2.29. The molecule has 0 aromatic heterocycles. The molecule has 0 radical (unpaired) electrons. The highest BCUT2D eigenvalue weighted by Gasteiger charge is 2.15. The summed E-state index contributed by atoms with van der Waals surface area (Å²) in [4.78, 5) is 35.5. The molecule has 0 fully saturated rings. The average Bonchev–Trinajstić information content (AvgIpc) is 2.63. The van der Waals surface area contributed by atoms with Crippen molar-refractivity contribution in [2.24, 2.45) is 0 Å². The highest BCUT2D eigenvalue weighted by molar-refractivity contribution is 6.30. The van der Waals surface area contributed by atoms with E-state index in [2.05, 4.69) is 10.6 Å². The van der Waals surface area contributed by atoms with Gasteiger partial charge >= 0.3 is 5.97 Å². The molecule has 0 aliphatic heterocycles. The third kappa shape index (κ3) is 6.60. The lowest BCUT2D eigenvalue weighted by Crippen LogP contribution is -2.35. The quantitative estimate of drug-likeness (QED) is 0.637. The minimum Gasteiger partial charge on any atom is -0.481 e. The van der Waals surface area contributed by atoms with Crippen LogP contribution in [0.1, 0.15) is 27.9 Å². The Bertz CT molecular complexity index is 859. The molecule has 0 bridgehead atoms. The maximum atomic E-state index is 12.5. The zero-order valence-electron chi connectivity index (χ0n) is 14.7. The van der Waals surface area contributed by atoms with Gasteiger partial charge in [0.25, 0.3) is 11.8 Å². The first-order valence-corrected chi connectivity index (χ1v) is 8.58. The number of carboxylic acid groups (broad SMARTS) is 1. The summed E-state index contributed by atoms with van der Waals surface area (Å²) >= 11 is 5.86. The molecule has 2 rings (SSSR count). The largest absolute Gasteiger partial charge is 0.481 e. The van der Waals surface area contributed by atoms with Crippen LogP contribution in [0.25, 0.3) is 6.08 Å². The van der Waals surface area contributed by atoms with Crippen LogP contribution in [-0.2, 0) is 9.59 Å². The Balaban J connectivity index is 2.21. The van der Waals surface area contributed by atoms with E-state index in [1.165, 1.54) is 6.08 Å². The van der Waals surface area contributed by atoms with E-state index in [0.717, 1.165) is 5.56 Å². The van der Waals surface area contributed by atoms with E-state index in [0.29, 0.717) is 16.1 Å². The van der Waals surface area contributed by atoms with E-state index in [4.69, 9.17) is 16.7 Å². The second kappa shape index (κ2) is 9.54. The predicted octanol–water partition coefficient (Wildman–Crippen LogP) is 3.01. The Morgan fingerprint density at radius 2 is 1.67 bits per heavy atom. The van der Waals surface area contributed by atoms with Crippen LogP contribution < -0.4 is 10.6 Å². The Labute approximate surface area is 161 Å². The van der Waals surface area contributed by atoms with Crippen molar-refractivity contribution in [3.63, 3.8) is 0 Å². The first-order chi connectivity index (χ1) is 12.8.